The van der Waals surface area contributed by atoms with Crippen LogP contribution in [0.4, 0.5) is 10.1 Å². The Labute approximate surface area is 134 Å². The molecule has 0 saturated carbocycles. The molecule has 1 amide bonds. The summed E-state index contributed by atoms with van der Waals surface area (Å²) in [6.07, 6.45) is 0. The van der Waals surface area contributed by atoms with E-state index in [1.165, 1.54) is 18.2 Å². The molecule has 0 aliphatic heterocycles. The van der Waals surface area contributed by atoms with E-state index in [4.69, 9.17) is 28.9 Å². The quantitative estimate of drug-likeness (QED) is 0.816. The summed E-state index contributed by atoms with van der Waals surface area (Å²) < 4.78 is 14.5. The Balaban J connectivity index is 2.18. The van der Waals surface area contributed by atoms with Gasteiger partial charge in [0.15, 0.2) is 0 Å². The molecule has 1 aromatic carbocycles. The Kier molecular flexibility index (Phi) is 5.21. The molecule has 0 atom stereocenters. The second-order valence-electron chi connectivity index (χ2n) is 3.89. The van der Waals surface area contributed by atoms with Gasteiger partial charge in [-0.25, -0.2) is 4.39 Å². The van der Waals surface area contributed by atoms with Gasteiger partial charge in [0, 0.05) is 5.69 Å². The second kappa shape index (κ2) is 6.92. The number of carbonyl (C=O) groups is 1. The second-order valence-corrected chi connectivity index (χ2v) is 6.18. The number of nitrogens with two attached hydrogens (primary N) is 1. The third kappa shape index (κ3) is 3.96. The zero-order valence-corrected chi connectivity index (χ0v) is 12.9. The highest BCUT2D eigenvalue weighted by molar-refractivity contribution is 7.20. The van der Waals surface area contributed by atoms with Gasteiger partial charge in [-0.1, -0.05) is 35.0 Å². The molecular formula is C14H9Cl2FN2OS. The lowest BCUT2D eigenvalue weighted by Gasteiger charge is -2.05. The summed E-state index contributed by atoms with van der Waals surface area (Å²) in [5, 5.41) is 2.55. The molecular weight excluding hydrogens is 334 g/mol. The molecule has 7 heteroatoms. The molecule has 0 aliphatic rings. The van der Waals surface area contributed by atoms with Gasteiger partial charge in [-0.05, 0) is 24.3 Å². The Morgan fingerprint density at radius 2 is 2.14 bits per heavy atom. The fraction of sp³-hybridized carbons (Fsp3) is 0.0714. The lowest BCUT2D eigenvalue weighted by molar-refractivity contribution is 0.102. The number of anilines is 1. The average Bonchev–Trinajstić information content (AvgIpc) is 2.77. The van der Waals surface area contributed by atoms with Crippen molar-refractivity contribution in [1.82, 2.24) is 0 Å². The van der Waals surface area contributed by atoms with Crippen LogP contribution < -0.4 is 11.1 Å². The molecule has 0 fully saturated rings. The van der Waals surface area contributed by atoms with Crippen LogP contribution in [0.15, 0.2) is 24.3 Å². The van der Waals surface area contributed by atoms with Crippen molar-refractivity contribution in [3.05, 3.63) is 49.9 Å². The smallest absolute Gasteiger partial charge is 0.258 e. The molecule has 2 aromatic rings. The first-order valence-electron chi connectivity index (χ1n) is 5.76. The van der Waals surface area contributed by atoms with Crippen molar-refractivity contribution >= 4 is 46.1 Å². The van der Waals surface area contributed by atoms with Crippen molar-refractivity contribution in [3.8, 4) is 11.8 Å². The summed E-state index contributed by atoms with van der Waals surface area (Å²) in [7, 11) is 0. The largest absolute Gasteiger partial charge is 0.322 e. The van der Waals surface area contributed by atoms with Crippen LogP contribution >= 0.6 is 34.5 Å². The van der Waals surface area contributed by atoms with Crippen LogP contribution in [0.2, 0.25) is 8.67 Å². The molecule has 3 nitrogen and oxygen atoms in total. The fourth-order valence-electron chi connectivity index (χ4n) is 1.53. The fourth-order valence-corrected chi connectivity index (χ4v) is 2.99. The van der Waals surface area contributed by atoms with Crippen LogP contribution in [-0.2, 0) is 0 Å². The minimum Gasteiger partial charge on any atom is -0.322 e. The van der Waals surface area contributed by atoms with Gasteiger partial charge >= 0.3 is 0 Å². The van der Waals surface area contributed by atoms with E-state index < -0.39 is 11.7 Å². The SMILES string of the molecule is NCC#Cc1ccc(NC(=O)c2cc(Cl)sc2Cl)cc1F. The molecule has 1 heterocycles. The van der Waals surface area contributed by atoms with Crippen molar-refractivity contribution in [2.75, 3.05) is 11.9 Å². The molecule has 2 rings (SSSR count). The summed E-state index contributed by atoms with van der Waals surface area (Å²) in [4.78, 5) is 12.0. The van der Waals surface area contributed by atoms with Gasteiger partial charge in [0.05, 0.1) is 22.0 Å². The van der Waals surface area contributed by atoms with Gasteiger partial charge in [-0.3, -0.25) is 4.79 Å². The summed E-state index contributed by atoms with van der Waals surface area (Å²) in [5.74, 6) is 4.17. The molecule has 0 spiro atoms. The van der Waals surface area contributed by atoms with E-state index in [1.54, 1.807) is 6.07 Å². The highest BCUT2D eigenvalue weighted by Crippen LogP contribution is 2.31. The van der Waals surface area contributed by atoms with Crippen molar-refractivity contribution in [2.24, 2.45) is 5.73 Å². The lowest BCUT2D eigenvalue weighted by Crippen LogP contribution is -2.11. The van der Waals surface area contributed by atoms with Gasteiger partial charge in [-0.2, -0.15) is 0 Å². The third-order valence-corrected chi connectivity index (χ3v) is 3.94. The minimum atomic E-state index is -0.539. The number of carbonyl (C=O) groups excluding carboxylic acids is 1. The van der Waals surface area contributed by atoms with E-state index >= 15 is 0 Å². The third-order valence-electron chi connectivity index (χ3n) is 2.45. The Hall–Kier alpha value is -1.58. The van der Waals surface area contributed by atoms with E-state index in [0.29, 0.717) is 10.0 Å². The van der Waals surface area contributed by atoms with Gasteiger partial charge in [0.25, 0.3) is 5.91 Å². The number of hydrogen-bond donors (Lipinski definition) is 2. The normalized spacial score (nSPS) is 9.90. The molecule has 0 saturated heterocycles. The van der Waals surface area contributed by atoms with E-state index in [-0.39, 0.29) is 22.0 Å². The highest BCUT2D eigenvalue weighted by Gasteiger charge is 2.14. The van der Waals surface area contributed by atoms with Crippen LogP contribution in [0, 0.1) is 17.7 Å². The Morgan fingerprint density at radius 1 is 1.38 bits per heavy atom. The van der Waals surface area contributed by atoms with Crippen molar-refractivity contribution < 1.29 is 9.18 Å². The monoisotopic (exact) mass is 342 g/mol. The maximum Gasteiger partial charge on any atom is 0.258 e. The molecule has 0 aliphatic carbocycles. The Bertz CT molecular complexity index is 749. The number of amides is 1. The Morgan fingerprint density at radius 3 is 2.71 bits per heavy atom. The summed E-state index contributed by atoms with van der Waals surface area (Å²) in [6.45, 7) is 0.148. The zero-order chi connectivity index (χ0) is 15.4. The first kappa shape index (κ1) is 15.8. The molecule has 0 bridgehead atoms. The van der Waals surface area contributed by atoms with Crippen LogP contribution in [-0.4, -0.2) is 12.5 Å². The molecule has 3 N–H and O–H groups in total. The van der Waals surface area contributed by atoms with E-state index in [1.807, 2.05) is 0 Å². The van der Waals surface area contributed by atoms with Gasteiger partial charge < -0.3 is 11.1 Å². The predicted molar refractivity (Wildman–Crippen MR) is 84.6 cm³/mol. The average molecular weight is 343 g/mol. The van der Waals surface area contributed by atoms with E-state index in [2.05, 4.69) is 17.2 Å². The summed E-state index contributed by atoms with van der Waals surface area (Å²) in [5.41, 5.74) is 5.99. The van der Waals surface area contributed by atoms with Crippen molar-refractivity contribution in [2.45, 2.75) is 0 Å². The maximum absolute atomic E-state index is 13.8. The number of nitrogens with one attached hydrogen (secondary N) is 1. The van der Waals surface area contributed by atoms with Gasteiger partial charge in [0.2, 0.25) is 0 Å². The number of benzene rings is 1. The number of halogens is 3. The molecule has 0 radical (unpaired) electrons. The van der Waals surface area contributed by atoms with Crippen LogP contribution in [0.25, 0.3) is 0 Å². The van der Waals surface area contributed by atoms with Crippen molar-refractivity contribution in [1.29, 1.82) is 0 Å². The van der Waals surface area contributed by atoms with Gasteiger partial charge in [0.1, 0.15) is 10.2 Å². The zero-order valence-electron chi connectivity index (χ0n) is 10.5. The molecule has 108 valence electrons. The first-order valence-corrected chi connectivity index (χ1v) is 7.33. The maximum atomic E-state index is 13.8. The van der Waals surface area contributed by atoms with Gasteiger partial charge in [-0.15, -0.1) is 11.3 Å². The topological polar surface area (TPSA) is 55.1 Å². The predicted octanol–water partition coefficient (Wildman–Crippen LogP) is 3.76. The summed E-state index contributed by atoms with van der Waals surface area (Å²) in [6, 6.07) is 5.65. The molecule has 0 unspecified atom stereocenters. The van der Waals surface area contributed by atoms with E-state index in [9.17, 15) is 9.18 Å². The number of hydrogen-bond acceptors (Lipinski definition) is 3. The summed E-state index contributed by atoms with van der Waals surface area (Å²) >= 11 is 12.8. The first-order chi connectivity index (χ1) is 10.0. The number of thiophene rings is 1. The standard InChI is InChI=1S/C14H9Cl2FN2OS/c15-12-7-10(13(16)21-12)14(20)19-9-4-3-8(2-1-5-18)11(17)6-9/h3-4,6-7H,5,18H2,(H,19,20). The number of rotatable bonds is 2. The van der Waals surface area contributed by atoms with Crippen LogP contribution in [0.5, 0.6) is 0 Å². The van der Waals surface area contributed by atoms with Crippen LogP contribution in [0.1, 0.15) is 15.9 Å². The molecule has 21 heavy (non-hydrogen) atoms. The minimum absolute atomic E-state index is 0.148. The van der Waals surface area contributed by atoms with Crippen LogP contribution in [0.3, 0.4) is 0 Å². The van der Waals surface area contributed by atoms with Crippen molar-refractivity contribution in [3.63, 3.8) is 0 Å². The van der Waals surface area contributed by atoms with E-state index in [0.717, 1.165) is 11.3 Å². The molecule has 1 aromatic heterocycles. The lowest BCUT2D eigenvalue weighted by atomic mass is 10.2. The highest BCUT2D eigenvalue weighted by atomic mass is 35.5.